The summed E-state index contributed by atoms with van der Waals surface area (Å²) in [6.45, 7) is -1.58. The number of alkyl halides is 3. The van der Waals surface area contributed by atoms with Gasteiger partial charge in [-0.1, -0.05) is 60.7 Å². The van der Waals surface area contributed by atoms with Crippen LogP contribution in [0, 0.1) is 0 Å². The highest BCUT2D eigenvalue weighted by atomic mass is 19.4. The number of amides is 1. The number of rotatable bonds is 5. The predicted molar refractivity (Wildman–Crippen MR) is 79.5 cm³/mol. The van der Waals surface area contributed by atoms with Crippen molar-refractivity contribution in [2.75, 3.05) is 6.54 Å². The van der Waals surface area contributed by atoms with Crippen LogP contribution in [0.4, 0.5) is 18.0 Å². The van der Waals surface area contributed by atoms with Crippen LogP contribution in [0.1, 0.15) is 11.1 Å². The topological polar surface area (TPSA) is 29.5 Å². The first-order chi connectivity index (χ1) is 10.9. The van der Waals surface area contributed by atoms with Gasteiger partial charge in [0.1, 0.15) is 13.2 Å². The Kier molecular flexibility index (Phi) is 5.62. The molecule has 0 aliphatic rings. The highest BCUT2D eigenvalue weighted by Crippen LogP contribution is 2.19. The maximum Gasteiger partial charge on any atom is 0.410 e. The normalized spacial score (nSPS) is 11.1. The minimum atomic E-state index is -4.49. The first-order valence-corrected chi connectivity index (χ1v) is 7.00. The smallest absolute Gasteiger partial charge is 0.410 e. The van der Waals surface area contributed by atoms with Crippen molar-refractivity contribution in [1.29, 1.82) is 0 Å². The van der Waals surface area contributed by atoms with Crippen LogP contribution < -0.4 is 0 Å². The lowest BCUT2D eigenvalue weighted by atomic mass is 10.2. The number of ether oxygens (including phenoxy) is 1. The molecule has 2 aromatic rings. The molecule has 0 N–H and O–H groups in total. The van der Waals surface area contributed by atoms with Crippen molar-refractivity contribution < 1.29 is 22.7 Å². The van der Waals surface area contributed by atoms with Gasteiger partial charge in [0.2, 0.25) is 0 Å². The fraction of sp³-hybridized carbons (Fsp3) is 0.235. The Hall–Kier alpha value is -2.50. The van der Waals surface area contributed by atoms with E-state index in [1.54, 1.807) is 60.7 Å². The van der Waals surface area contributed by atoms with Crippen LogP contribution in [0.2, 0.25) is 0 Å². The third-order valence-corrected chi connectivity index (χ3v) is 3.05. The second kappa shape index (κ2) is 7.67. The molecule has 0 saturated heterocycles. The molecule has 0 unspecified atom stereocenters. The lowest BCUT2D eigenvalue weighted by Gasteiger charge is -2.23. The second-order valence-corrected chi connectivity index (χ2v) is 5.00. The Balaban J connectivity index is 2.02. The maximum absolute atomic E-state index is 12.7. The van der Waals surface area contributed by atoms with Crippen LogP contribution in [-0.4, -0.2) is 23.7 Å². The monoisotopic (exact) mass is 323 g/mol. The van der Waals surface area contributed by atoms with E-state index in [0.717, 1.165) is 0 Å². The van der Waals surface area contributed by atoms with E-state index in [2.05, 4.69) is 0 Å². The highest BCUT2D eigenvalue weighted by molar-refractivity contribution is 5.67. The fourth-order valence-corrected chi connectivity index (χ4v) is 2.02. The molecular formula is C17H16F3NO2. The first-order valence-electron chi connectivity index (χ1n) is 7.00. The van der Waals surface area contributed by atoms with E-state index in [1.807, 2.05) is 0 Å². The number of carbonyl (C=O) groups excluding carboxylic acids is 1. The molecular weight excluding hydrogens is 307 g/mol. The van der Waals surface area contributed by atoms with Crippen LogP contribution in [-0.2, 0) is 17.9 Å². The molecule has 0 bridgehead atoms. The fourth-order valence-electron chi connectivity index (χ4n) is 2.02. The van der Waals surface area contributed by atoms with Crippen molar-refractivity contribution in [2.24, 2.45) is 0 Å². The van der Waals surface area contributed by atoms with Crippen molar-refractivity contribution in [2.45, 2.75) is 19.3 Å². The van der Waals surface area contributed by atoms with Gasteiger partial charge in [0.25, 0.3) is 0 Å². The molecule has 0 fully saturated rings. The average molecular weight is 323 g/mol. The molecule has 122 valence electrons. The number of hydrogen-bond donors (Lipinski definition) is 0. The Morgan fingerprint density at radius 2 is 1.43 bits per heavy atom. The van der Waals surface area contributed by atoms with Gasteiger partial charge in [-0.3, -0.25) is 4.90 Å². The SMILES string of the molecule is O=C(OCc1ccccc1)N(Cc1ccccc1)CC(F)(F)F. The number of carbonyl (C=O) groups is 1. The largest absolute Gasteiger partial charge is 0.445 e. The van der Waals surface area contributed by atoms with Gasteiger partial charge in [-0.05, 0) is 11.1 Å². The molecule has 2 aromatic carbocycles. The molecule has 1 amide bonds. The van der Waals surface area contributed by atoms with Gasteiger partial charge in [-0.15, -0.1) is 0 Å². The summed E-state index contributed by atoms with van der Waals surface area (Å²) >= 11 is 0. The van der Waals surface area contributed by atoms with E-state index in [0.29, 0.717) is 16.0 Å². The zero-order valence-electron chi connectivity index (χ0n) is 12.3. The van der Waals surface area contributed by atoms with Crippen LogP contribution >= 0.6 is 0 Å². The van der Waals surface area contributed by atoms with Gasteiger partial charge in [0.05, 0.1) is 0 Å². The zero-order chi connectivity index (χ0) is 16.7. The number of nitrogens with zero attached hydrogens (tertiary/aromatic N) is 1. The summed E-state index contributed by atoms with van der Waals surface area (Å²) in [6, 6.07) is 17.3. The Morgan fingerprint density at radius 3 is 1.96 bits per heavy atom. The van der Waals surface area contributed by atoms with Crippen molar-refractivity contribution in [3.8, 4) is 0 Å². The van der Waals surface area contributed by atoms with Crippen molar-refractivity contribution >= 4 is 6.09 Å². The lowest BCUT2D eigenvalue weighted by Crippen LogP contribution is -2.38. The third-order valence-electron chi connectivity index (χ3n) is 3.05. The molecule has 0 heterocycles. The minimum absolute atomic E-state index is 0.0666. The van der Waals surface area contributed by atoms with Crippen LogP contribution in [0.15, 0.2) is 60.7 Å². The summed E-state index contributed by atoms with van der Waals surface area (Å²) in [7, 11) is 0. The summed E-state index contributed by atoms with van der Waals surface area (Å²) < 4.78 is 43.0. The zero-order valence-corrected chi connectivity index (χ0v) is 12.3. The quantitative estimate of drug-likeness (QED) is 0.817. The van der Waals surface area contributed by atoms with Gasteiger partial charge >= 0.3 is 12.3 Å². The van der Waals surface area contributed by atoms with Crippen LogP contribution in [0.3, 0.4) is 0 Å². The van der Waals surface area contributed by atoms with Gasteiger partial charge in [0.15, 0.2) is 0 Å². The highest BCUT2D eigenvalue weighted by Gasteiger charge is 2.33. The summed E-state index contributed by atoms with van der Waals surface area (Å²) in [5.74, 6) is 0. The van der Waals surface area contributed by atoms with Gasteiger partial charge in [-0.25, -0.2) is 4.79 Å². The number of hydrogen-bond acceptors (Lipinski definition) is 2. The lowest BCUT2D eigenvalue weighted by molar-refractivity contribution is -0.143. The van der Waals surface area contributed by atoms with Crippen molar-refractivity contribution in [3.05, 3.63) is 71.8 Å². The molecule has 0 aliphatic heterocycles. The number of benzene rings is 2. The summed E-state index contributed by atoms with van der Waals surface area (Å²) in [5.41, 5.74) is 1.32. The molecule has 3 nitrogen and oxygen atoms in total. The van der Waals surface area contributed by atoms with Crippen molar-refractivity contribution in [1.82, 2.24) is 4.90 Å². The Morgan fingerprint density at radius 1 is 0.913 bits per heavy atom. The Labute approximate surface area is 132 Å². The van der Waals surface area contributed by atoms with E-state index in [9.17, 15) is 18.0 Å². The van der Waals surface area contributed by atoms with E-state index in [4.69, 9.17) is 4.74 Å². The van der Waals surface area contributed by atoms with E-state index in [1.165, 1.54) is 0 Å². The van der Waals surface area contributed by atoms with E-state index < -0.39 is 18.8 Å². The first kappa shape index (κ1) is 16.9. The molecule has 0 spiro atoms. The second-order valence-electron chi connectivity index (χ2n) is 5.00. The molecule has 0 aromatic heterocycles. The summed E-state index contributed by atoms with van der Waals surface area (Å²) in [5, 5.41) is 0. The third kappa shape index (κ3) is 6.02. The molecule has 0 saturated carbocycles. The van der Waals surface area contributed by atoms with Gasteiger partial charge < -0.3 is 4.74 Å². The van der Waals surface area contributed by atoms with Crippen LogP contribution in [0.5, 0.6) is 0 Å². The van der Waals surface area contributed by atoms with Gasteiger partial charge in [0, 0.05) is 6.54 Å². The molecule has 23 heavy (non-hydrogen) atoms. The van der Waals surface area contributed by atoms with E-state index >= 15 is 0 Å². The molecule has 6 heteroatoms. The van der Waals surface area contributed by atoms with Crippen LogP contribution in [0.25, 0.3) is 0 Å². The van der Waals surface area contributed by atoms with Gasteiger partial charge in [-0.2, -0.15) is 13.2 Å². The number of halogens is 3. The van der Waals surface area contributed by atoms with Crippen molar-refractivity contribution in [3.63, 3.8) is 0 Å². The molecule has 2 rings (SSSR count). The van der Waals surface area contributed by atoms with E-state index in [-0.39, 0.29) is 13.2 Å². The minimum Gasteiger partial charge on any atom is -0.445 e. The summed E-state index contributed by atoms with van der Waals surface area (Å²) in [6.07, 6.45) is -5.48. The average Bonchev–Trinajstić information content (AvgIpc) is 2.53. The molecule has 0 atom stereocenters. The standard InChI is InChI=1S/C17H16F3NO2/c18-17(19,20)13-21(11-14-7-3-1-4-8-14)16(22)23-12-15-9-5-2-6-10-15/h1-10H,11-13H2. The molecule has 0 aliphatic carbocycles. The predicted octanol–water partition coefficient (Wildman–Crippen LogP) is 4.39. The summed E-state index contributed by atoms with van der Waals surface area (Å²) in [4.78, 5) is 12.7. The molecule has 0 radical (unpaired) electrons. The Bertz CT molecular complexity index is 615. The maximum atomic E-state index is 12.7.